The van der Waals surface area contributed by atoms with Crippen molar-refractivity contribution in [3.8, 4) is 0 Å². The van der Waals surface area contributed by atoms with Crippen molar-refractivity contribution in [2.45, 2.75) is 12.3 Å². The first kappa shape index (κ1) is 13.6. The van der Waals surface area contributed by atoms with Gasteiger partial charge in [-0.3, -0.25) is 0 Å². The van der Waals surface area contributed by atoms with Crippen LogP contribution in [0.15, 0.2) is 12.1 Å². The highest BCUT2D eigenvalue weighted by Gasteiger charge is 2.40. The fraction of sp³-hybridized carbons (Fsp3) is 0.222. The number of anilines is 1. The van der Waals surface area contributed by atoms with Gasteiger partial charge in [-0.15, -0.1) is 0 Å². The van der Waals surface area contributed by atoms with Crippen molar-refractivity contribution in [2.24, 2.45) is 0 Å². The van der Waals surface area contributed by atoms with Crippen molar-refractivity contribution in [1.29, 1.82) is 0 Å². The lowest BCUT2D eigenvalue weighted by Crippen LogP contribution is -2.19. The standard InChI is InChI=1S/C9H7ClF3NO3/c10-3-1-2-4(14)6(9(11,12)13)5(3)7(15)8(16)17/h1-2,7,15H,14H2,(H,16,17). The van der Waals surface area contributed by atoms with Gasteiger partial charge in [0.05, 0.1) is 5.56 Å². The van der Waals surface area contributed by atoms with E-state index < -0.39 is 40.1 Å². The molecule has 1 aromatic rings. The maximum Gasteiger partial charge on any atom is 0.418 e. The van der Waals surface area contributed by atoms with Crippen molar-refractivity contribution < 1.29 is 28.2 Å². The molecule has 0 saturated carbocycles. The van der Waals surface area contributed by atoms with Crippen molar-refractivity contribution in [2.75, 3.05) is 5.73 Å². The van der Waals surface area contributed by atoms with E-state index in [4.69, 9.17) is 22.4 Å². The van der Waals surface area contributed by atoms with Gasteiger partial charge in [-0.25, -0.2) is 4.79 Å². The lowest BCUT2D eigenvalue weighted by atomic mass is 10.00. The van der Waals surface area contributed by atoms with E-state index in [9.17, 15) is 23.1 Å². The van der Waals surface area contributed by atoms with Gasteiger partial charge in [0, 0.05) is 16.3 Å². The number of hydrogen-bond acceptors (Lipinski definition) is 3. The minimum Gasteiger partial charge on any atom is -0.479 e. The first-order chi connectivity index (χ1) is 7.66. The minimum absolute atomic E-state index is 0.513. The molecule has 4 nitrogen and oxygen atoms in total. The number of halogens is 4. The van der Waals surface area contributed by atoms with E-state index in [2.05, 4.69) is 0 Å². The highest BCUT2D eigenvalue weighted by atomic mass is 35.5. The van der Waals surface area contributed by atoms with Crippen LogP contribution in [0.1, 0.15) is 17.2 Å². The summed E-state index contributed by atoms with van der Waals surface area (Å²) in [5, 5.41) is 17.2. The number of hydrogen-bond donors (Lipinski definition) is 3. The van der Waals surface area contributed by atoms with Gasteiger partial charge in [0.2, 0.25) is 0 Å². The zero-order chi connectivity index (χ0) is 13.4. The summed E-state index contributed by atoms with van der Waals surface area (Å²) >= 11 is 5.47. The minimum atomic E-state index is -4.90. The lowest BCUT2D eigenvalue weighted by molar-refractivity contribution is -0.149. The Morgan fingerprint density at radius 1 is 1.41 bits per heavy atom. The highest BCUT2D eigenvalue weighted by molar-refractivity contribution is 6.31. The van der Waals surface area contributed by atoms with E-state index in [1.165, 1.54) is 0 Å². The molecule has 0 fully saturated rings. The molecule has 0 saturated heterocycles. The average molecular weight is 270 g/mol. The van der Waals surface area contributed by atoms with Gasteiger partial charge in [-0.2, -0.15) is 13.2 Å². The molecule has 8 heteroatoms. The first-order valence-electron chi connectivity index (χ1n) is 4.22. The number of nitrogens with two attached hydrogens (primary N) is 1. The van der Waals surface area contributed by atoms with Gasteiger partial charge >= 0.3 is 12.1 Å². The van der Waals surface area contributed by atoms with Gasteiger partial charge in [-0.05, 0) is 12.1 Å². The molecular formula is C9H7ClF3NO3. The summed E-state index contributed by atoms with van der Waals surface area (Å²) in [4.78, 5) is 10.5. The molecule has 0 aliphatic heterocycles. The molecule has 0 aromatic heterocycles. The van der Waals surface area contributed by atoms with E-state index in [1.54, 1.807) is 0 Å². The van der Waals surface area contributed by atoms with Crippen LogP contribution in [0, 0.1) is 0 Å². The van der Waals surface area contributed by atoms with E-state index in [-0.39, 0.29) is 0 Å². The summed E-state index contributed by atoms with van der Waals surface area (Å²) in [5.41, 5.74) is 2.05. The molecule has 1 rings (SSSR count). The number of carboxylic acids is 1. The fourth-order valence-electron chi connectivity index (χ4n) is 1.32. The average Bonchev–Trinajstić information content (AvgIpc) is 2.18. The monoisotopic (exact) mass is 269 g/mol. The van der Waals surface area contributed by atoms with Crippen LogP contribution in [0.25, 0.3) is 0 Å². The third-order valence-corrected chi connectivity index (χ3v) is 2.34. The van der Waals surface area contributed by atoms with Crippen molar-refractivity contribution in [1.82, 2.24) is 0 Å². The summed E-state index contributed by atoms with van der Waals surface area (Å²) in [5.74, 6) is -1.84. The molecule has 0 radical (unpaired) electrons. The molecule has 94 valence electrons. The van der Waals surface area contributed by atoms with Crippen LogP contribution in [-0.4, -0.2) is 16.2 Å². The van der Waals surface area contributed by atoms with Gasteiger partial charge in [0.1, 0.15) is 0 Å². The first-order valence-corrected chi connectivity index (χ1v) is 4.60. The van der Waals surface area contributed by atoms with E-state index >= 15 is 0 Å². The SMILES string of the molecule is Nc1ccc(Cl)c(C(O)C(=O)O)c1C(F)(F)F. The van der Waals surface area contributed by atoms with Gasteiger partial charge in [-0.1, -0.05) is 11.6 Å². The Labute approximate surface area is 98.4 Å². The Balaban J connectivity index is 3.57. The molecule has 1 unspecified atom stereocenters. The Kier molecular flexibility index (Phi) is 3.53. The number of rotatable bonds is 2. The lowest BCUT2D eigenvalue weighted by Gasteiger charge is -2.18. The van der Waals surface area contributed by atoms with Crippen LogP contribution >= 0.6 is 11.6 Å². The van der Waals surface area contributed by atoms with E-state index in [0.717, 1.165) is 12.1 Å². The Bertz CT molecular complexity index is 462. The number of nitrogen functional groups attached to an aromatic ring is 1. The normalized spacial score (nSPS) is 13.5. The topological polar surface area (TPSA) is 83.5 Å². The molecule has 1 atom stereocenters. The molecule has 17 heavy (non-hydrogen) atoms. The molecular weight excluding hydrogens is 263 g/mol. The van der Waals surface area contributed by atoms with E-state index in [0.29, 0.717) is 0 Å². The summed E-state index contributed by atoms with van der Waals surface area (Å²) < 4.78 is 38.0. The van der Waals surface area contributed by atoms with Crippen LogP contribution in [0.5, 0.6) is 0 Å². The Morgan fingerprint density at radius 3 is 2.35 bits per heavy atom. The number of benzene rings is 1. The van der Waals surface area contributed by atoms with Crippen LogP contribution in [0.3, 0.4) is 0 Å². The molecule has 1 aromatic carbocycles. The van der Waals surface area contributed by atoms with Gasteiger partial charge in [0.25, 0.3) is 0 Å². The fourth-order valence-corrected chi connectivity index (χ4v) is 1.58. The zero-order valence-electron chi connectivity index (χ0n) is 8.12. The predicted octanol–water partition coefficient (Wildman–Crippen LogP) is 2.06. The second-order valence-corrected chi connectivity index (χ2v) is 3.57. The quantitative estimate of drug-likeness (QED) is 0.718. The highest BCUT2D eigenvalue weighted by Crippen LogP contribution is 2.41. The summed E-state index contributed by atoms with van der Waals surface area (Å²) in [6, 6.07) is 1.89. The van der Waals surface area contributed by atoms with Crippen LogP contribution in [0.2, 0.25) is 5.02 Å². The number of aliphatic carboxylic acids is 1. The van der Waals surface area contributed by atoms with Gasteiger partial charge < -0.3 is 15.9 Å². The largest absolute Gasteiger partial charge is 0.479 e. The van der Waals surface area contributed by atoms with Crippen LogP contribution in [-0.2, 0) is 11.0 Å². The molecule has 0 amide bonds. The number of carboxylic acid groups (broad SMARTS) is 1. The third kappa shape index (κ3) is 2.62. The van der Waals surface area contributed by atoms with Crippen molar-refractivity contribution in [3.63, 3.8) is 0 Å². The Hall–Kier alpha value is -1.47. The van der Waals surface area contributed by atoms with Gasteiger partial charge in [0.15, 0.2) is 6.10 Å². The number of alkyl halides is 3. The molecule has 0 heterocycles. The maximum absolute atomic E-state index is 12.7. The molecule has 0 spiro atoms. The van der Waals surface area contributed by atoms with Crippen molar-refractivity contribution in [3.05, 3.63) is 28.3 Å². The predicted molar refractivity (Wildman–Crippen MR) is 53.5 cm³/mol. The Morgan fingerprint density at radius 2 is 1.94 bits per heavy atom. The molecule has 4 N–H and O–H groups in total. The molecule has 0 bridgehead atoms. The summed E-state index contributed by atoms with van der Waals surface area (Å²) in [6.07, 6.45) is -7.29. The summed E-state index contributed by atoms with van der Waals surface area (Å²) in [6.45, 7) is 0. The van der Waals surface area contributed by atoms with Crippen LogP contribution < -0.4 is 5.73 Å². The third-order valence-electron chi connectivity index (χ3n) is 2.02. The zero-order valence-corrected chi connectivity index (χ0v) is 8.88. The van der Waals surface area contributed by atoms with Crippen LogP contribution in [0.4, 0.5) is 18.9 Å². The number of carbonyl (C=O) groups is 1. The molecule has 0 aliphatic carbocycles. The van der Waals surface area contributed by atoms with E-state index in [1.807, 2.05) is 0 Å². The second-order valence-electron chi connectivity index (χ2n) is 3.16. The number of aliphatic hydroxyl groups excluding tert-OH is 1. The number of aliphatic hydroxyl groups is 1. The summed E-state index contributed by atoms with van der Waals surface area (Å²) in [7, 11) is 0. The second kappa shape index (κ2) is 4.42. The maximum atomic E-state index is 12.7. The van der Waals surface area contributed by atoms with Crippen molar-refractivity contribution >= 4 is 23.3 Å². The smallest absolute Gasteiger partial charge is 0.418 e. The molecule has 0 aliphatic rings.